The molecule has 0 spiro atoms. The van der Waals surface area contributed by atoms with Gasteiger partial charge in [-0.15, -0.1) is 11.3 Å². The normalized spacial score (nSPS) is 11.9. The lowest BCUT2D eigenvalue weighted by Gasteiger charge is -2.18. The van der Waals surface area contributed by atoms with Gasteiger partial charge in [0, 0.05) is 45.3 Å². The third-order valence-corrected chi connectivity index (χ3v) is 3.78. The number of hydrogen-bond donors (Lipinski definition) is 2. The number of methoxy groups -OCH3 is 1. The van der Waals surface area contributed by atoms with Crippen LogP contribution in [0.3, 0.4) is 0 Å². The molecule has 1 heterocycles. The standard InChI is InChI=1S/C14H26N4OS/c1-15-14(17-12-13-6-4-11-20-13)16-7-9-18(2)8-5-10-19-3/h4,6,11H,5,7-10,12H2,1-3H3,(H2,15,16,17). The van der Waals surface area contributed by atoms with Gasteiger partial charge < -0.3 is 20.3 Å². The number of guanidine groups is 1. The third kappa shape index (κ3) is 7.47. The molecule has 0 aromatic carbocycles. The van der Waals surface area contributed by atoms with Crippen LogP contribution in [0, 0.1) is 0 Å². The summed E-state index contributed by atoms with van der Waals surface area (Å²) in [6, 6.07) is 4.18. The van der Waals surface area contributed by atoms with Crippen molar-refractivity contribution in [3.8, 4) is 0 Å². The van der Waals surface area contributed by atoms with E-state index in [9.17, 15) is 0 Å². The Balaban J connectivity index is 2.12. The Labute approximate surface area is 126 Å². The van der Waals surface area contributed by atoms with Crippen molar-refractivity contribution < 1.29 is 4.74 Å². The number of nitrogens with one attached hydrogen (secondary N) is 2. The fourth-order valence-corrected chi connectivity index (χ4v) is 2.40. The van der Waals surface area contributed by atoms with Gasteiger partial charge >= 0.3 is 0 Å². The topological polar surface area (TPSA) is 48.9 Å². The predicted molar refractivity (Wildman–Crippen MR) is 86.5 cm³/mol. The second-order valence-electron chi connectivity index (χ2n) is 4.58. The minimum Gasteiger partial charge on any atom is -0.385 e. The van der Waals surface area contributed by atoms with Crippen LogP contribution in [0.2, 0.25) is 0 Å². The second-order valence-corrected chi connectivity index (χ2v) is 5.61. The fourth-order valence-electron chi connectivity index (χ4n) is 1.76. The summed E-state index contributed by atoms with van der Waals surface area (Å²) in [5, 5.41) is 8.72. The predicted octanol–water partition coefficient (Wildman–Crippen LogP) is 1.38. The summed E-state index contributed by atoms with van der Waals surface area (Å²) in [7, 11) is 5.66. The minimum atomic E-state index is 0.820. The van der Waals surface area contributed by atoms with E-state index in [1.54, 1.807) is 25.5 Å². The molecule has 0 atom stereocenters. The smallest absolute Gasteiger partial charge is 0.191 e. The Morgan fingerprint density at radius 2 is 2.25 bits per heavy atom. The first-order chi connectivity index (χ1) is 9.76. The van der Waals surface area contributed by atoms with Crippen LogP contribution in [0.1, 0.15) is 11.3 Å². The zero-order chi connectivity index (χ0) is 14.6. The van der Waals surface area contributed by atoms with Crippen LogP contribution in [0.5, 0.6) is 0 Å². The molecule has 1 aromatic heterocycles. The lowest BCUT2D eigenvalue weighted by atomic mass is 10.4. The highest BCUT2D eigenvalue weighted by atomic mass is 32.1. The molecule has 0 saturated carbocycles. The zero-order valence-electron chi connectivity index (χ0n) is 12.7. The van der Waals surface area contributed by atoms with E-state index in [1.165, 1.54) is 4.88 Å². The lowest BCUT2D eigenvalue weighted by Crippen LogP contribution is -2.40. The molecule has 114 valence electrons. The fraction of sp³-hybridized carbons (Fsp3) is 0.643. The van der Waals surface area contributed by atoms with Crippen molar-refractivity contribution in [3.05, 3.63) is 22.4 Å². The van der Waals surface area contributed by atoms with Crippen molar-refractivity contribution >= 4 is 17.3 Å². The molecule has 0 unspecified atom stereocenters. The highest BCUT2D eigenvalue weighted by Gasteiger charge is 2.01. The van der Waals surface area contributed by atoms with Crippen molar-refractivity contribution in [3.63, 3.8) is 0 Å². The van der Waals surface area contributed by atoms with E-state index in [0.29, 0.717) is 0 Å². The molecule has 0 amide bonds. The van der Waals surface area contributed by atoms with Crippen LogP contribution in [-0.2, 0) is 11.3 Å². The Kier molecular flexibility index (Phi) is 9.02. The van der Waals surface area contributed by atoms with Crippen LogP contribution in [0.25, 0.3) is 0 Å². The summed E-state index contributed by atoms with van der Waals surface area (Å²) in [4.78, 5) is 7.82. The summed E-state index contributed by atoms with van der Waals surface area (Å²) >= 11 is 1.75. The van der Waals surface area contributed by atoms with Gasteiger partial charge in [-0.2, -0.15) is 0 Å². The average Bonchev–Trinajstić information content (AvgIpc) is 2.96. The third-order valence-electron chi connectivity index (χ3n) is 2.91. The molecule has 0 fully saturated rings. The van der Waals surface area contributed by atoms with E-state index in [-0.39, 0.29) is 0 Å². The number of ether oxygens (including phenoxy) is 1. The number of hydrogen-bond acceptors (Lipinski definition) is 4. The molecule has 2 N–H and O–H groups in total. The van der Waals surface area contributed by atoms with E-state index in [1.807, 2.05) is 0 Å². The second kappa shape index (κ2) is 10.7. The highest BCUT2D eigenvalue weighted by molar-refractivity contribution is 7.09. The quantitative estimate of drug-likeness (QED) is 0.411. The van der Waals surface area contributed by atoms with Crippen molar-refractivity contribution in [1.29, 1.82) is 0 Å². The molecule has 1 aromatic rings. The minimum absolute atomic E-state index is 0.820. The van der Waals surface area contributed by atoms with E-state index < -0.39 is 0 Å². The summed E-state index contributed by atoms with van der Waals surface area (Å²) in [5.41, 5.74) is 0. The molecule has 0 bridgehead atoms. The van der Waals surface area contributed by atoms with Gasteiger partial charge in [-0.1, -0.05) is 6.07 Å². The van der Waals surface area contributed by atoms with Gasteiger partial charge in [0.05, 0.1) is 6.54 Å². The van der Waals surface area contributed by atoms with Crippen molar-refractivity contribution in [2.45, 2.75) is 13.0 Å². The van der Waals surface area contributed by atoms with Crippen LogP contribution in [0.4, 0.5) is 0 Å². The maximum Gasteiger partial charge on any atom is 0.191 e. The van der Waals surface area contributed by atoms with Gasteiger partial charge in [0.15, 0.2) is 5.96 Å². The molecular weight excluding hydrogens is 272 g/mol. The number of nitrogens with zero attached hydrogens (tertiary/aromatic N) is 2. The van der Waals surface area contributed by atoms with Gasteiger partial charge in [-0.25, -0.2) is 0 Å². The first-order valence-electron chi connectivity index (χ1n) is 6.90. The van der Waals surface area contributed by atoms with E-state index >= 15 is 0 Å². The van der Waals surface area contributed by atoms with Crippen LogP contribution < -0.4 is 10.6 Å². The van der Waals surface area contributed by atoms with E-state index in [0.717, 1.165) is 45.2 Å². The maximum absolute atomic E-state index is 5.05. The molecule has 0 radical (unpaired) electrons. The number of thiophene rings is 1. The van der Waals surface area contributed by atoms with Crippen LogP contribution in [0.15, 0.2) is 22.5 Å². The number of aliphatic imine (C=N–C) groups is 1. The Morgan fingerprint density at radius 3 is 2.90 bits per heavy atom. The highest BCUT2D eigenvalue weighted by Crippen LogP contribution is 2.06. The zero-order valence-corrected chi connectivity index (χ0v) is 13.5. The molecule has 6 heteroatoms. The Hall–Kier alpha value is -1.11. The lowest BCUT2D eigenvalue weighted by molar-refractivity contribution is 0.180. The summed E-state index contributed by atoms with van der Waals surface area (Å²) in [6.45, 7) is 4.57. The number of rotatable bonds is 9. The maximum atomic E-state index is 5.05. The van der Waals surface area contributed by atoms with Gasteiger partial charge in [0.1, 0.15) is 0 Å². The molecule has 20 heavy (non-hydrogen) atoms. The molecule has 0 saturated heterocycles. The van der Waals surface area contributed by atoms with Gasteiger partial charge in [-0.3, -0.25) is 4.99 Å². The van der Waals surface area contributed by atoms with E-state index in [4.69, 9.17) is 4.74 Å². The Morgan fingerprint density at radius 1 is 1.40 bits per heavy atom. The summed E-state index contributed by atoms with van der Waals surface area (Å²) < 4.78 is 5.05. The van der Waals surface area contributed by atoms with Crippen LogP contribution in [-0.4, -0.2) is 58.3 Å². The van der Waals surface area contributed by atoms with Gasteiger partial charge in [0.2, 0.25) is 0 Å². The number of likely N-dealkylation sites (N-methyl/N-ethyl adjacent to an activating group) is 1. The van der Waals surface area contributed by atoms with Crippen molar-refractivity contribution in [2.24, 2.45) is 4.99 Å². The largest absolute Gasteiger partial charge is 0.385 e. The molecule has 0 aliphatic heterocycles. The van der Waals surface area contributed by atoms with Crippen LogP contribution >= 0.6 is 11.3 Å². The first kappa shape index (κ1) is 16.9. The SMILES string of the molecule is CN=C(NCCN(C)CCCOC)NCc1cccs1. The molecular formula is C14H26N4OS. The summed E-state index contributed by atoms with van der Waals surface area (Å²) in [6.07, 6.45) is 1.07. The van der Waals surface area contributed by atoms with Crippen molar-refractivity contribution in [1.82, 2.24) is 15.5 Å². The van der Waals surface area contributed by atoms with E-state index in [2.05, 4.69) is 45.1 Å². The van der Waals surface area contributed by atoms with Gasteiger partial charge in [-0.05, 0) is 24.9 Å². The Bertz CT molecular complexity index is 367. The molecule has 0 aliphatic carbocycles. The van der Waals surface area contributed by atoms with Crippen molar-refractivity contribution in [2.75, 3.05) is 47.4 Å². The molecule has 1 rings (SSSR count). The monoisotopic (exact) mass is 298 g/mol. The molecule has 0 aliphatic rings. The average molecular weight is 298 g/mol. The molecule has 5 nitrogen and oxygen atoms in total. The first-order valence-corrected chi connectivity index (χ1v) is 7.78. The van der Waals surface area contributed by atoms with Gasteiger partial charge in [0.25, 0.3) is 0 Å². The summed E-state index contributed by atoms with van der Waals surface area (Å²) in [5.74, 6) is 0.851.